The number of aryl methyl sites for hydroxylation is 2. The van der Waals surface area contributed by atoms with Gasteiger partial charge in [0.1, 0.15) is 0 Å². The Morgan fingerprint density at radius 2 is 2.00 bits per heavy atom. The van der Waals surface area contributed by atoms with Crippen molar-refractivity contribution in [1.82, 2.24) is 29.5 Å². The number of aromatic nitrogens is 6. The summed E-state index contributed by atoms with van der Waals surface area (Å²) in [7, 11) is 1.69. The number of nitrogens with one attached hydrogen (secondary N) is 1. The van der Waals surface area contributed by atoms with E-state index in [1.807, 2.05) is 24.6 Å². The molecular weight excluding hydrogens is 359 g/mol. The summed E-state index contributed by atoms with van der Waals surface area (Å²) >= 11 is 0. The van der Waals surface area contributed by atoms with Gasteiger partial charge >= 0.3 is 6.18 Å². The number of alkyl halides is 3. The fraction of sp³-hybridized carbons (Fsp3) is 0.412. The van der Waals surface area contributed by atoms with Gasteiger partial charge in [0, 0.05) is 43.8 Å². The Hall–Kier alpha value is -2.91. The molecule has 27 heavy (non-hydrogen) atoms. The second-order valence-corrected chi connectivity index (χ2v) is 6.50. The van der Waals surface area contributed by atoms with Crippen molar-refractivity contribution in [2.45, 2.75) is 26.6 Å². The third-order valence-electron chi connectivity index (χ3n) is 4.04. The van der Waals surface area contributed by atoms with E-state index in [9.17, 15) is 13.2 Å². The molecule has 144 valence electrons. The number of hydrogen-bond donors (Lipinski definition) is 1. The minimum Gasteiger partial charge on any atom is -0.354 e. The molecule has 0 spiro atoms. The molecule has 0 bridgehead atoms. The Labute approximate surface area is 154 Å². The van der Waals surface area contributed by atoms with Crippen molar-refractivity contribution in [2.24, 2.45) is 13.0 Å². The molecule has 1 atom stereocenters. The maximum absolute atomic E-state index is 13.2. The smallest absolute Gasteiger partial charge is 0.354 e. The Balaban J connectivity index is 1.78. The Bertz CT molecular complexity index is 913. The van der Waals surface area contributed by atoms with E-state index in [0.717, 1.165) is 11.8 Å². The lowest BCUT2D eigenvalue weighted by atomic mass is 10.2. The summed E-state index contributed by atoms with van der Waals surface area (Å²) in [5, 5.41) is 11.1. The summed E-state index contributed by atoms with van der Waals surface area (Å²) in [6.07, 6.45) is 0.227. The molecule has 1 N–H and O–H groups in total. The molecule has 0 saturated heterocycles. The van der Waals surface area contributed by atoms with Crippen molar-refractivity contribution in [3.05, 3.63) is 42.1 Å². The van der Waals surface area contributed by atoms with Crippen molar-refractivity contribution >= 4 is 5.95 Å². The highest BCUT2D eigenvalue weighted by Gasteiger charge is 2.34. The third-order valence-corrected chi connectivity index (χ3v) is 4.04. The molecule has 0 aliphatic rings. The van der Waals surface area contributed by atoms with Gasteiger partial charge in [-0.15, -0.1) is 0 Å². The van der Waals surface area contributed by atoms with Gasteiger partial charge in [0.2, 0.25) is 5.95 Å². The van der Waals surface area contributed by atoms with Crippen molar-refractivity contribution in [2.75, 3.05) is 11.9 Å². The summed E-state index contributed by atoms with van der Waals surface area (Å²) in [5.41, 5.74) is 0.697. The minimum absolute atomic E-state index is 0.0623. The van der Waals surface area contributed by atoms with Crippen LogP contribution in [0.3, 0.4) is 0 Å². The Morgan fingerprint density at radius 3 is 2.59 bits per heavy atom. The monoisotopic (exact) mass is 379 g/mol. The molecule has 0 amide bonds. The number of nitrogens with zero attached hydrogens (tertiary/aromatic N) is 6. The van der Waals surface area contributed by atoms with Gasteiger partial charge in [0.15, 0.2) is 5.69 Å². The van der Waals surface area contributed by atoms with E-state index in [1.54, 1.807) is 19.4 Å². The van der Waals surface area contributed by atoms with Gasteiger partial charge in [-0.3, -0.25) is 9.36 Å². The van der Waals surface area contributed by atoms with Crippen LogP contribution in [0.1, 0.15) is 18.3 Å². The molecule has 3 aromatic heterocycles. The minimum atomic E-state index is -4.56. The number of anilines is 1. The summed E-state index contributed by atoms with van der Waals surface area (Å²) in [4.78, 5) is 7.85. The zero-order valence-electron chi connectivity index (χ0n) is 15.2. The first-order valence-corrected chi connectivity index (χ1v) is 8.40. The first-order valence-electron chi connectivity index (χ1n) is 8.40. The average molecular weight is 379 g/mol. The molecule has 0 fully saturated rings. The van der Waals surface area contributed by atoms with E-state index in [4.69, 9.17) is 0 Å². The van der Waals surface area contributed by atoms with Gasteiger partial charge in [-0.25, -0.2) is 9.97 Å². The third kappa shape index (κ3) is 4.63. The van der Waals surface area contributed by atoms with E-state index in [2.05, 4.69) is 25.5 Å². The van der Waals surface area contributed by atoms with E-state index in [1.165, 1.54) is 10.9 Å². The maximum atomic E-state index is 13.2. The van der Waals surface area contributed by atoms with Gasteiger partial charge in [0.25, 0.3) is 0 Å². The van der Waals surface area contributed by atoms with Crippen LogP contribution >= 0.6 is 0 Å². The van der Waals surface area contributed by atoms with E-state index >= 15 is 0 Å². The van der Waals surface area contributed by atoms with Crippen molar-refractivity contribution in [3.63, 3.8) is 0 Å². The SMILES string of the molecule is Cc1ccnn1C[C@@H](C)CNc1nc(-c2cnn(C)c2)cc(C(F)(F)F)n1. The fourth-order valence-corrected chi connectivity index (χ4v) is 2.59. The van der Waals surface area contributed by atoms with Crippen LogP contribution < -0.4 is 5.32 Å². The Kier molecular flexibility index (Phi) is 5.15. The van der Waals surface area contributed by atoms with Crippen molar-refractivity contribution in [1.29, 1.82) is 0 Å². The standard InChI is InChI=1S/C17H20F3N7/c1-11(9-27-12(2)4-5-22-27)7-21-16-24-14(13-8-23-26(3)10-13)6-15(25-16)17(18,19)20/h4-6,8,10-11H,7,9H2,1-3H3,(H,21,24,25)/t11-/m0/s1. The molecule has 0 aliphatic heterocycles. The zero-order chi connectivity index (χ0) is 19.6. The molecular formula is C17H20F3N7. The van der Waals surface area contributed by atoms with Gasteiger partial charge in [-0.1, -0.05) is 6.92 Å². The average Bonchev–Trinajstić information content (AvgIpc) is 3.21. The first-order chi connectivity index (χ1) is 12.7. The zero-order valence-corrected chi connectivity index (χ0v) is 15.2. The highest BCUT2D eigenvalue weighted by molar-refractivity contribution is 5.59. The second-order valence-electron chi connectivity index (χ2n) is 6.50. The largest absolute Gasteiger partial charge is 0.433 e. The molecule has 7 nitrogen and oxygen atoms in total. The highest BCUT2D eigenvalue weighted by atomic mass is 19.4. The molecule has 3 aromatic rings. The highest BCUT2D eigenvalue weighted by Crippen LogP contribution is 2.31. The van der Waals surface area contributed by atoms with Crippen LogP contribution in [0.15, 0.2) is 30.7 Å². The normalized spacial score (nSPS) is 13.0. The van der Waals surface area contributed by atoms with Gasteiger partial charge in [-0.2, -0.15) is 23.4 Å². The predicted octanol–water partition coefficient (Wildman–Crippen LogP) is 3.15. The molecule has 10 heteroatoms. The van der Waals surface area contributed by atoms with Crippen LogP contribution in [0.5, 0.6) is 0 Å². The molecule has 0 aromatic carbocycles. The summed E-state index contributed by atoms with van der Waals surface area (Å²) in [6, 6.07) is 2.83. The molecule has 3 heterocycles. The topological polar surface area (TPSA) is 73.5 Å². The van der Waals surface area contributed by atoms with E-state index < -0.39 is 11.9 Å². The molecule has 0 unspecified atom stereocenters. The lowest BCUT2D eigenvalue weighted by Gasteiger charge is -2.15. The van der Waals surface area contributed by atoms with Crippen LogP contribution in [0, 0.1) is 12.8 Å². The summed E-state index contributed by atoms with van der Waals surface area (Å²) < 4.78 is 43.0. The number of rotatable bonds is 6. The predicted molar refractivity (Wildman–Crippen MR) is 93.9 cm³/mol. The van der Waals surface area contributed by atoms with Gasteiger partial charge in [-0.05, 0) is 25.0 Å². The van der Waals surface area contributed by atoms with Crippen molar-refractivity contribution in [3.8, 4) is 11.3 Å². The second kappa shape index (κ2) is 7.37. The van der Waals surface area contributed by atoms with Crippen molar-refractivity contribution < 1.29 is 13.2 Å². The van der Waals surface area contributed by atoms with Crippen LogP contribution in [-0.4, -0.2) is 36.1 Å². The van der Waals surface area contributed by atoms with E-state index in [-0.39, 0.29) is 17.6 Å². The van der Waals surface area contributed by atoms with Crippen LogP contribution in [0.2, 0.25) is 0 Å². The van der Waals surface area contributed by atoms with Crippen LogP contribution in [-0.2, 0) is 19.8 Å². The summed E-state index contributed by atoms with van der Waals surface area (Å²) in [5.74, 6) is 0.0521. The Morgan fingerprint density at radius 1 is 1.22 bits per heavy atom. The van der Waals surface area contributed by atoms with Crippen LogP contribution in [0.25, 0.3) is 11.3 Å². The molecule has 0 saturated carbocycles. The molecule has 0 aliphatic carbocycles. The first kappa shape index (κ1) is 18.9. The lowest BCUT2D eigenvalue weighted by molar-refractivity contribution is -0.141. The van der Waals surface area contributed by atoms with Crippen LogP contribution in [0.4, 0.5) is 19.1 Å². The number of halogens is 3. The maximum Gasteiger partial charge on any atom is 0.433 e. The van der Waals surface area contributed by atoms with Gasteiger partial charge < -0.3 is 5.32 Å². The fourth-order valence-electron chi connectivity index (χ4n) is 2.59. The summed E-state index contributed by atoms with van der Waals surface area (Å²) in [6.45, 7) is 4.97. The quantitative estimate of drug-likeness (QED) is 0.712. The molecule has 0 radical (unpaired) electrons. The van der Waals surface area contributed by atoms with E-state index in [0.29, 0.717) is 18.7 Å². The lowest BCUT2D eigenvalue weighted by Crippen LogP contribution is -2.20. The molecule has 3 rings (SSSR count). The number of hydrogen-bond acceptors (Lipinski definition) is 5. The van der Waals surface area contributed by atoms with Gasteiger partial charge in [0.05, 0.1) is 11.9 Å².